The van der Waals surface area contributed by atoms with Crippen LogP contribution in [0.3, 0.4) is 0 Å². The molecule has 0 bridgehead atoms. The predicted octanol–water partition coefficient (Wildman–Crippen LogP) is -2.29. The second-order valence-electron chi connectivity index (χ2n) is 5.27. The van der Waals surface area contributed by atoms with E-state index >= 15 is 0 Å². The van der Waals surface area contributed by atoms with Gasteiger partial charge in [-0.3, -0.25) is 11.6 Å². The number of halogens is 1. The van der Waals surface area contributed by atoms with Crippen molar-refractivity contribution in [1.29, 1.82) is 0 Å². The van der Waals surface area contributed by atoms with Crippen LogP contribution in [-0.4, -0.2) is 29.2 Å². The van der Waals surface area contributed by atoms with Crippen molar-refractivity contribution in [3.8, 4) is 0 Å². The molecule has 1 saturated heterocycles. The summed E-state index contributed by atoms with van der Waals surface area (Å²) >= 11 is 0. The molecule has 3 rings (SSSR count). The number of fused-ring (bicyclic) bond motifs is 1. The first-order valence-corrected chi connectivity index (χ1v) is 7.03. The van der Waals surface area contributed by atoms with Gasteiger partial charge in [0.2, 0.25) is 0 Å². The third kappa shape index (κ3) is 2.69. The van der Waals surface area contributed by atoms with E-state index in [1.165, 1.54) is 32.4 Å². The lowest BCUT2D eigenvalue weighted by atomic mass is 10.1. The Labute approximate surface area is 125 Å². The lowest BCUT2D eigenvalue weighted by molar-refractivity contribution is -0.656. The molecule has 110 valence electrons. The van der Waals surface area contributed by atoms with Gasteiger partial charge in [-0.05, 0) is 38.1 Å². The molecule has 0 spiro atoms. The van der Waals surface area contributed by atoms with E-state index in [0.717, 1.165) is 24.1 Å². The number of nitrogen functional groups attached to an aromatic ring is 2. The Hall–Kier alpha value is -1.46. The van der Waals surface area contributed by atoms with Gasteiger partial charge in [-0.2, -0.15) is 0 Å². The highest BCUT2D eigenvalue weighted by Gasteiger charge is 2.19. The Kier molecular flexibility index (Phi) is 4.73. The highest BCUT2D eigenvalue weighted by molar-refractivity contribution is 5.73. The molecule has 20 heavy (non-hydrogen) atoms. The number of rotatable bonds is 3. The molecule has 1 aromatic carbocycles. The third-order valence-electron chi connectivity index (χ3n) is 4.04. The quantitative estimate of drug-likeness (QED) is 0.495. The Bertz CT molecular complexity index is 574. The van der Waals surface area contributed by atoms with Crippen molar-refractivity contribution in [1.82, 2.24) is 9.58 Å². The number of nitrogens with zero attached hydrogens (tertiary/aromatic N) is 3. The number of nitrogens with two attached hydrogens (primary N) is 2. The van der Waals surface area contributed by atoms with E-state index in [-0.39, 0.29) is 12.4 Å². The molecule has 1 aliphatic heterocycles. The first kappa shape index (κ1) is 14.9. The van der Waals surface area contributed by atoms with Crippen LogP contribution in [0.5, 0.6) is 0 Å². The molecule has 2 heterocycles. The van der Waals surface area contributed by atoms with Gasteiger partial charge in [-0.15, -0.1) is 4.68 Å². The third-order valence-corrected chi connectivity index (χ3v) is 4.04. The molecule has 1 fully saturated rings. The van der Waals surface area contributed by atoms with E-state index in [9.17, 15) is 0 Å². The van der Waals surface area contributed by atoms with Gasteiger partial charge in [0.1, 0.15) is 5.52 Å². The number of hydrogen-bond donors (Lipinski definition) is 2. The van der Waals surface area contributed by atoms with Gasteiger partial charge in [0, 0.05) is 6.54 Å². The van der Waals surface area contributed by atoms with Gasteiger partial charge in [0.05, 0.1) is 6.54 Å². The maximum Gasteiger partial charge on any atom is 0.378 e. The summed E-state index contributed by atoms with van der Waals surface area (Å²) in [5.41, 5.74) is 8.21. The highest BCUT2D eigenvalue weighted by atomic mass is 35.5. The number of aromatic nitrogens is 2. The van der Waals surface area contributed by atoms with Crippen LogP contribution in [0, 0.1) is 0 Å². The minimum Gasteiger partial charge on any atom is -1.00 e. The average Bonchev–Trinajstić information content (AvgIpc) is 2.71. The van der Waals surface area contributed by atoms with Crippen molar-refractivity contribution in [2.45, 2.75) is 25.8 Å². The van der Waals surface area contributed by atoms with Crippen LogP contribution in [0.2, 0.25) is 0 Å². The molecule has 0 amide bonds. The van der Waals surface area contributed by atoms with E-state index in [0.29, 0.717) is 5.95 Å². The molecular weight excluding hydrogens is 274 g/mol. The molecule has 0 atom stereocenters. The zero-order valence-electron chi connectivity index (χ0n) is 11.6. The normalized spacial score (nSPS) is 16.2. The van der Waals surface area contributed by atoms with Gasteiger partial charge in [0.25, 0.3) is 0 Å². The molecule has 5 nitrogen and oxygen atoms in total. The Balaban J connectivity index is 0.00000147. The van der Waals surface area contributed by atoms with Crippen molar-refractivity contribution in [3.05, 3.63) is 24.3 Å². The molecule has 0 saturated carbocycles. The van der Waals surface area contributed by atoms with Crippen molar-refractivity contribution < 1.29 is 17.0 Å². The van der Waals surface area contributed by atoms with E-state index < -0.39 is 0 Å². The summed E-state index contributed by atoms with van der Waals surface area (Å²) in [6, 6.07) is 8.09. The van der Waals surface area contributed by atoms with E-state index in [4.69, 9.17) is 11.6 Å². The largest absolute Gasteiger partial charge is 1.00 e. The Morgan fingerprint density at radius 1 is 1.10 bits per heavy atom. The molecule has 1 aliphatic rings. The second kappa shape index (κ2) is 6.33. The maximum atomic E-state index is 6.11. The number of imidazole rings is 1. The van der Waals surface area contributed by atoms with E-state index in [2.05, 4.69) is 15.5 Å². The van der Waals surface area contributed by atoms with E-state index in [1.54, 1.807) is 4.68 Å². The van der Waals surface area contributed by atoms with Crippen LogP contribution in [0.25, 0.3) is 11.0 Å². The summed E-state index contributed by atoms with van der Waals surface area (Å²) in [6.45, 7) is 4.36. The SMILES string of the molecule is Nc1n(N)c2ccccc2[n+]1CCN1CCCCC1.[Cl-]. The number of piperidine rings is 1. The predicted molar refractivity (Wildman–Crippen MR) is 77.0 cm³/mol. The first-order chi connectivity index (χ1) is 9.27. The minimum absolute atomic E-state index is 0. The fourth-order valence-electron chi connectivity index (χ4n) is 2.93. The highest BCUT2D eigenvalue weighted by Crippen LogP contribution is 2.13. The number of hydrogen-bond acceptors (Lipinski definition) is 3. The standard InChI is InChI=1S/C14H21N5.ClH/c15-14-18(11-10-17-8-4-1-5-9-17)12-6-2-3-7-13(12)19(14)16;/h2-3,6-7,15H,1,4-5,8-11,16H2;1H. The van der Waals surface area contributed by atoms with Gasteiger partial charge >= 0.3 is 5.95 Å². The van der Waals surface area contributed by atoms with Crippen molar-refractivity contribution in [2.24, 2.45) is 0 Å². The number of anilines is 1. The lowest BCUT2D eigenvalue weighted by Gasteiger charge is -2.25. The van der Waals surface area contributed by atoms with Crippen molar-refractivity contribution in [3.63, 3.8) is 0 Å². The van der Waals surface area contributed by atoms with Crippen molar-refractivity contribution >= 4 is 17.0 Å². The Morgan fingerprint density at radius 2 is 1.80 bits per heavy atom. The van der Waals surface area contributed by atoms with Gasteiger partial charge in [-0.1, -0.05) is 18.6 Å². The summed E-state index contributed by atoms with van der Waals surface area (Å²) in [5, 5.41) is 0. The van der Waals surface area contributed by atoms with Crippen LogP contribution in [0.15, 0.2) is 24.3 Å². The van der Waals surface area contributed by atoms with Gasteiger partial charge in [0.15, 0.2) is 5.52 Å². The van der Waals surface area contributed by atoms with E-state index in [1.807, 2.05) is 18.2 Å². The average molecular weight is 296 g/mol. The summed E-state index contributed by atoms with van der Waals surface area (Å²) < 4.78 is 3.69. The summed E-state index contributed by atoms with van der Waals surface area (Å²) in [5.74, 6) is 6.63. The first-order valence-electron chi connectivity index (χ1n) is 7.03. The zero-order valence-corrected chi connectivity index (χ0v) is 12.4. The van der Waals surface area contributed by atoms with Crippen LogP contribution in [-0.2, 0) is 6.54 Å². The maximum absolute atomic E-state index is 6.11. The molecule has 0 unspecified atom stereocenters. The smallest absolute Gasteiger partial charge is 0.378 e. The lowest BCUT2D eigenvalue weighted by Crippen LogP contribution is -3.00. The number of likely N-dealkylation sites (tertiary alicyclic amines) is 1. The van der Waals surface area contributed by atoms with Crippen LogP contribution in [0.4, 0.5) is 5.95 Å². The molecule has 6 heteroatoms. The summed E-state index contributed by atoms with van der Waals surface area (Å²) in [6.07, 6.45) is 4.01. The monoisotopic (exact) mass is 295 g/mol. The summed E-state index contributed by atoms with van der Waals surface area (Å²) in [4.78, 5) is 2.51. The molecule has 1 aromatic heterocycles. The molecule has 2 aromatic rings. The van der Waals surface area contributed by atoms with Crippen LogP contribution in [0.1, 0.15) is 19.3 Å². The fraction of sp³-hybridized carbons (Fsp3) is 0.500. The molecular formula is C14H22ClN5. The number of para-hydroxylation sites is 2. The zero-order chi connectivity index (χ0) is 13.2. The van der Waals surface area contributed by atoms with Gasteiger partial charge < -0.3 is 17.3 Å². The van der Waals surface area contributed by atoms with Crippen molar-refractivity contribution in [2.75, 3.05) is 31.2 Å². The minimum atomic E-state index is 0. The summed E-state index contributed by atoms with van der Waals surface area (Å²) in [7, 11) is 0. The van der Waals surface area contributed by atoms with Crippen LogP contribution >= 0.6 is 0 Å². The fourth-order valence-corrected chi connectivity index (χ4v) is 2.93. The topological polar surface area (TPSA) is 64.1 Å². The van der Waals surface area contributed by atoms with Crippen LogP contribution < -0.4 is 28.6 Å². The molecule has 0 radical (unpaired) electrons. The number of benzene rings is 1. The molecule has 4 N–H and O–H groups in total. The Morgan fingerprint density at radius 3 is 2.55 bits per heavy atom. The molecule has 0 aliphatic carbocycles. The second-order valence-corrected chi connectivity index (χ2v) is 5.27. The van der Waals surface area contributed by atoms with Gasteiger partial charge in [-0.25, -0.2) is 4.57 Å².